The summed E-state index contributed by atoms with van der Waals surface area (Å²) in [5.74, 6) is 0. The van der Waals surface area contributed by atoms with Gasteiger partial charge in [-0.3, -0.25) is 4.98 Å². The van der Waals surface area contributed by atoms with Crippen molar-refractivity contribution in [1.29, 1.82) is 0 Å². The summed E-state index contributed by atoms with van der Waals surface area (Å²) in [5, 5.41) is 2.79. The van der Waals surface area contributed by atoms with Gasteiger partial charge in [-0.15, -0.1) is 0 Å². The van der Waals surface area contributed by atoms with Crippen LogP contribution < -0.4 is 5.73 Å². The minimum atomic E-state index is 0.720. The van der Waals surface area contributed by atoms with E-state index < -0.39 is 0 Å². The van der Waals surface area contributed by atoms with Crippen molar-refractivity contribution in [3.8, 4) is 11.1 Å². The Morgan fingerprint density at radius 3 is 2.44 bits per heavy atom. The Hall–Kier alpha value is -2.06. The van der Waals surface area contributed by atoms with Crippen LogP contribution in [0, 0.1) is 0 Å². The number of nitrogens with two attached hydrogens (primary N) is 1. The van der Waals surface area contributed by atoms with E-state index in [1.54, 1.807) is 12.4 Å². The topological polar surface area (TPSA) is 38.9 Å². The van der Waals surface area contributed by atoms with Crippen LogP contribution in [0.3, 0.4) is 0 Å². The molecule has 18 heavy (non-hydrogen) atoms. The Kier molecular flexibility index (Phi) is 2.65. The molecule has 0 amide bonds. The summed E-state index contributed by atoms with van der Waals surface area (Å²) in [4.78, 5) is 4.12. The van der Waals surface area contributed by atoms with Crippen LogP contribution in [-0.4, -0.2) is 4.98 Å². The van der Waals surface area contributed by atoms with Gasteiger partial charge in [0.2, 0.25) is 0 Å². The molecule has 0 saturated carbocycles. The lowest BCUT2D eigenvalue weighted by atomic mass is 9.99. The highest BCUT2D eigenvalue weighted by Gasteiger charge is 2.06. The first-order valence-corrected chi connectivity index (χ1v) is 6.01. The molecule has 0 spiro atoms. The minimum Gasteiger partial charge on any atom is -0.399 e. The highest BCUT2D eigenvalue weighted by molar-refractivity contribution is 6.36. The standard InChI is InChI=1S/C15H11ClN2/c16-15-6-5-12(10-1-3-11(17)4-2-10)13-7-8-18-9-14(13)15/h1-9H,17H2. The minimum absolute atomic E-state index is 0.720. The molecule has 2 nitrogen and oxygen atoms in total. The average molecular weight is 255 g/mol. The van der Waals surface area contributed by atoms with Gasteiger partial charge < -0.3 is 5.73 Å². The molecule has 0 bridgehead atoms. The van der Waals surface area contributed by atoms with Crippen LogP contribution in [0.4, 0.5) is 5.69 Å². The van der Waals surface area contributed by atoms with Crippen molar-refractivity contribution in [1.82, 2.24) is 4.98 Å². The number of hydrogen-bond donors (Lipinski definition) is 1. The lowest BCUT2D eigenvalue weighted by molar-refractivity contribution is 1.36. The van der Waals surface area contributed by atoms with E-state index in [4.69, 9.17) is 17.3 Å². The number of anilines is 1. The van der Waals surface area contributed by atoms with Crippen LogP contribution in [0.1, 0.15) is 0 Å². The largest absolute Gasteiger partial charge is 0.399 e. The van der Waals surface area contributed by atoms with Gasteiger partial charge in [0.25, 0.3) is 0 Å². The summed E-state index contributed by atoms with van der Waals surface area (Å²) < 4.78 is 0. The zero-order valence-electron chi connectivity index (χ0n) is 9.60. The molecule has 0 saturated heterocycles. The van der Waals surface area contributed by atoms with E-state index in [0.29, 0.717) is 0 Å². The lowest BCUT2D eigenvalue weighted by Gasteiger charge is -2.08. The first-order valence-electron chi connectivity index (χ1n) is 5.64. The third kappa shape index (κ3) is 1.81. The second-order valence-electron chi connectivity index (χ2n) is 4.14. The van der Waals surface area contributed by atoms with E-state index in [1.165, 1.54) is 0 Å². The van der Waals surface area contributed by atoms with Gasteiger partial charge in [0.1, 0.15) is 0 Å². The Morgan fingerprint density at radius 2 is 1.67 bits per heavy atom. The number of benzene rings is 2. The van der Waals surface area contributed by atoms with Gasteiger partial charge in [-0.1, -0.05) is 29.8 Å². The average Bonchev–Trinajstić information content (AvgIpc) is 2.41. The van der Waals surface area contributed by atoms with Crippen molar-refractivity contribution in [2.45, 2.75) is 0 Å². The van der Waals surface area contributed by atoms with Gasteiger partial charge in [0.15, 0.2) is 0 Å². The van der Waals surface area contributed by atoms with Crippen LogP contribution in [0.25, 0.3) is 21.9 Å². The Labute approximate surface area is 110 Å². The smallest absolute Gasteiger partial charge is 0.0500 e. The fraction of sp³-hybridized carbons (Fsp3) is 0. The molecule has 0 aliphatic carbocycles. The molecule has 0 unspecified atom stereocenters. The summed E-state index contributed by atoms with van der Waals surface area (Å²) in [6.07, 6.45) is 3.57. The van der Waals surface area contributed by atoms with E-state index in [9.17, 15) is 0 Å². The van der Waals surface area contributed by atoms with Crippen LogP contribution in [0.5, 0.6) is 0 Å². The normalized spacial score (nSPS) is 10.7. The van der Waals surface area contributed by atoms with E-state index in [1.807, 2.05) is 42.5 Å². The first kappa shape index (κ1) is 11.1. The van der Waals surface area contributed by atoms with Gasteiger partial charge in [-0.25, -0.2) is 0 Å². The number of rotatable bonds is 1. The number of hydrogen-bond acceptors (Lipinski definition) is 2. The fourth-order valence-corrected chi connectivity index (χ4v) is 2.28. The SMILES string of the molecule is Nc1ccc(-c2ccc(Cl)c3cnccc23)cc1. The zero-order chi connectivity index (χ0) is 12.5. The van der Waals surface area contributed by atoms with E-state index in [2.05, 4.69) is 4.98 Å². The van der Waals surface area contributed by atoms with Crippen molar-refractivity contribution >= 4 is 28.1 Å². The molecule has 88 valence electrons. The lowest BCUT2D eigenvalue weighted by Crippen LogP contribution is -1.86. The summed E-state index contributed by atoms with van der Waals surface area (Å²) in [6, 6.07) is 13.7. The molecular weight excluding hydrogens is 244 g/mol. The molecule has 0 radical (unpaired) electrons. The van der Waals surface area contributed by atoms with Gasteiger partial charge in [-0.2, -0.15) is 0 Å². The van der Waals surface area contributed by atoms with Gasteiger partial charge >= 0.3 is 0 Å². The fourth-order valence-electron chi connectivity index (χ4n) is 2.07. The second-order valence-corrected chi connectivity index (χ2v) is 4.55. The van der Waals surface area contributed by atoms with Gasteiger partial charge in [0.05, 0.1) is 0 Å². The van der Waals surface area contributed by atoms with Crippen LogP contribution in [-0.2, 0) is 0 Å². The first-order chi connectivity index (χ1) is 8.75. The molecule has 3 rings (SSSR count). The Balaban J connectivity index is 2.30. The summed E-state index contributed by atoms with van der Waals surface area (Å²) in [6.45, 7) is 0. The van der Waals surface area contributed by atoms with E-state index >= 15 is 0 Å². The molecule has 1 heterocycles. The van der Waals surface area contributed by atoms with Crippen molar-refractivity contribution in [3.63, 3.8) is 0 Å². The maximum Gasteiger partial charge on any atom is 0.0500 e. The van der Waals surface area contributed by atoms with Crippen LogP contribution in [0.15, 0.2) is 54.9 Å². The molecule has 2 N–H and O–H groups in total. The number of nitrogens with zero attached hydrogens (tertiary/aromatic N) is 1. The highest BCUT2D eigenvalue weighted by atomic mass is 35.5. The number of fused-ring (bicyclic) bond motifs is 1. The van der Waals surface area contributed by atoms with E-state index in [0.717, 1.165) is 32.6 Å². The van der Waals surface area contributed by atoms with Gasteiger partial charge in [0, 0.05) is 28.5 Å². The third-order valence-corrected chi connectivity index (χ3v) is 3.32. The molecule has 0 atom stereocenters. The van der Waals surface area contributed by atoms with Crippen LogP contribution in [0.2, 0.25) is 5.02 Å². The third-order valence-electron chi connectivity index (χ3n) is 2.99. The second kappa shape index (κ2) is 4.31. The molecule has 1 aromatic heterocycles. The maximum atomic E-state index is 6.18. The molecule has 0 aliphatic heterocycles. The van der Waals surface area contributed by atoms with E-state index in [-0.39, 0.29) is 0 Å². The molecule has 3 aromatic rings. The van der Waals surface area contributed by atoms with Crippen molar-refractivity contribution in [2.75, 3.05) is 5.73 Å². The molecule has 0 fully saturated rings. The van der Waals surface area contributed by atoms with Crippen LogP contribution >= 0.6 is 11.6 Å². The zero-order valence-corrected chi connectivity index (χ0v) is 10.4. The molecule has 3 heteroatoms. The predicted molar refractivity (Wildman–Crippen MR) is 76.6 cm³/mol. The predicted octanol–water partition coefficient (Wildman–Crippen LogP) is 4.14. The Morgan fingerprint density at radius 1 is 0.889 bits per heavy atom. The quantitative estimate of drug-likeness (QED) is 0.663. The van der Waals surface area contributed by atoms with Gasteiger partial charge in [-0.05, 0) is 40.8 Å². The summed E-state index contributed by atoms with van der Waals surface area (Å²) in [5.41, 5.74) is 8.73. The highest BCUT2D eigenvalue weighted by Crippen LogP contribution is 2.32. The summed E-state index contributed by atoms with van der Waals surface area (Å²) >= 11 is 6.18. The number of halogens is 1. The number of pyridine rings is 1. The summed E-state index contributed by atoms with van der Waals surface area (Å²) in [7, 11) is 0. The maximum absolute atomic E-state index is 6.18. The number of aromatic nitrogens is 1. The molecule has 2 aromatic carbocycles. The monoisotopic (exact) mass is 254 g/mol. The Bertz CT molecular complexity index is 705. The van der Waals surface area contributed by atoms with Crippen molar-refractivity contribution in [2.24, 2.45) is 0 Å². The number of nitrogen functional groups attached to an aromatic ring is 1. The molecule has 0 aliphatic rings. The van der Waals surface area contributed by atoms with Crippen molar-refractivity contribution in [3.05, 3.63) is 59.9 Å². The molecular formula is C15H11ClN2. The van der Waals surface area contributed by atoms with Crippen molar-refractivity contribution < 1.29 is 0 Å².